The lowest BCUT2D eigenvalue weighted by Gasteiger charge is -2.44. The topological polar surface area (TPSA) is 97.4 Å². The third kappa shape index (κ3) is 5.26. The van der Waals surface area contributed by atoms with Crippen LogP contribution in [0.1, 0.15) is 52.0 Å². The number of benzene rings is 2. The number of nitrogens with zero attached hydrogens (tertiary/aromatic N) is 2. The molecule has 202 valence electrons. The van der Waals surface area contributed by atoms with Crippen molar-refractivity contribution in [2.45, 2.75) is 50.5 Å². The lowest BCUT2D eigenvalue weighted by atomic mass is 9.95. The molecular formula is C29H35N3O6. The zero-order valence-electron chi connectivity index (χ0n) is 22.0. The second-order valence-corrected chi connectivity index (χ2v) is 10.2. The summed E-state index contributed by atoms with van der Waals surface area (Å²) in [5, 5.41) is 2.98. The molecule has 3 aliphatic rings. The molecule has 5 rings (SSSR count). The van der Waals surface area contributed by atoms with Gasteiger partial charge in [0.2, 0.25) is 5.91 Å². The molecule has 0 unspecified atom stereocenters. The summed E-state index contributed by atoms with van der Waals surface area (Å²) in [7, 11) is 1.59. The number of amides is 3. The number of ether oxygens (including phenoxy) is 3. The molecule has 0 aromatic heterocycles. The fraction of sp³-hybridized carbons (Fsp3) is 0.483. The Kier molecular flexibility index (Phi) is 7.67. The molecule has 2 aromatic carbocycles. The highest BCUT2D eigenvalue weighted by Crippen LogP contribution is 2.39. The second-order valence-electron chi connectivity index (χ2n) is 10.2. The van der Waals surface area contributed by atoms with E-state index < -0.39 is 11.8 Å². The molecule has 3 amide bonds. The van der Waals surface area contributed by atoms with Gasteiger partial charge in [0.1, 0.15) is 17.5 Å². The average molecular weight is 522 g/mol. The van der Waals surface area contributed by atoms with Crippen molar-refractivity contribution in [3.63, 3.8) is 0 Å². The van der Waals surface area contributed by atoms with E-state index in [1.807, 2.05) is 25.1 Å². The van der Waals surface area contributed by atoms with Gasteiger partial charge in [-0.1, -0.05) is 17.7 Å². The van der Waals surface area contributed by atoms with Crippen LogP contribution in [0.15, 0.2) is 48.5 Å². The maximum Gasteiger partial charge on any atom is 0.256 e. The molecule has 3 aliphatic heterocycles. The largest absolute Gasteiger partial charge is 0.497 e. The van der Waals surface area contributed by atoms with Crippen LogP contribution < -0.4 is 10.1 Å². The quantitative estimate of drug-likeness (QED) is 0.628. The molecule has 3 heterocycles. The van der Waals surface area contributed by atoms with Gasteiger partial charge in [-0.3, -0.25) is 19.3 Å². The van der Waals surface area contributed by atoms with Crippen molar-refractivity contribution in [3.8, 4) is 5.75 Å². The van der Waals surface area contributed by atoms with Crippen molar-refractivity contribution in [1.29, 1.82) is 0 Å². The Morgan fingerprint density at radius 1 is 1.05 bits per heavy atom. The summed E-state index contributed by atoms with van der Waals surface area (Å²) >= 11 is 0. The number of aryl methyl sites for hydroxylation is 1. The molecule has 9 heteroatoms. The molecular weight excluding hydrogens is 486 g/mol. The molecule has 1 N–H and O–H groups in total. The number of carbonyl (C=O) groups excluding carboxylic acids is 3. The van der Waals surface area contributed by atoms with Crippen molar-refractivity contribution in [3.05, 3.63) is 65.2 Å². The lowest BCUT2D eigenvalue weighted by Crippen LogP contribution is -2.60. The molecule has 0 bridgehead atoms. The minimum absolute atomic E-state index is 0.00311. The Bertz CT molecular complexity index is 1170. The Morgan fingerprint density at radius 2 is 1.82 bits per heavy atom. The summed E-state index contributed by atoms with van der Waals surface area (Å²) in [5.41, 5.74) is 1.10. The lowest BCUT2D eigenvalue weighted by molar-refractivity contribution is -0.128. The van der Waals surface area contributed by atoms with Crippen molar-refractivity contribution in [1.82, 2.24) is 15.1 Å². The number of hydrogen-bond acceptors (Lipinski definition) is 6. The highest BCUT2D eigenvalue weighted by molar-refractivity contribution is 5.99. The summed E-state index contributed by atoms with van der Waals surface area (Å²) in [6.45, 7) is 3.99. The summed E-state index contributed by atoms with van der Waals surface area (Å²) in [6, 6.07) is 13.6. The third-order valence-corrected chi connectivity index (χ3v) is 7.74. The fourth-order valence-electron chi connectivity index (χ4n) is 5.60. The molecule has 3 saturated heterocycles. The number of nitrogens with one attached hydrogen (secondary N) is 1. The summed E-state index contributed by atoms with van der Waals surface area (Å²) < 4.78 is 17.1. The van der Waals surface area contributed by atoms with Crippen LogP contribution in [0, 0.1) is 6.92 Å². The third-order valence-electron chi connectivity index (χ3n) is 7.74. The van der Waals surface area contributed by atoms with E-state index >= 15 is 0 Å². The van der Waals surface area contributed by atoms with Crippen LogP contribution in [-0.2, 0) is 14.3 Å². The van der Waals surface area contributed by atoms with E-state index in [9.17, 15) is 14.4 Å². The molecule has 2 atom stereocenters. The van der Waals surface area contributed by atoms with Crippen molar-refractivity contribution in [2.75, 3.05) is 40.0 Å². The van der Waals surface area contributed by atoms with Gasteiger partial charge in [0.05, 0.1) is 19.8 Å². The average Bonchev–Trinajstić information content (AvgIpc) is 3.60. The van der Waals surface area contributed by atoms with E-state index in [0.29, 0.717) is 56.0 Å². The molecule has 38 heavy (non-hydrogen) atoms. The predicted octanol–water partition coefficient (Wildman–Crippen LogP) is 2.77. The van der Waals surface area contributed by atoms with Gasteiger partial charge in [0.25, 0.3) is 11.8 Å². The van der Waals surface area contributed by atoms with Crippen LogP contribution in [0.4, 0.5) is 0 Å². The van der Waals surface area contributed by atoms with Gasteiger partial charge in [-0.25, -0.2) is 0 Å². The number of piperidine rings is 1. The van der Waals surface area contributed by atoms with Crippen molar-refractivity contribution >= 4 is 17.7 Å². The minimum atomic E-state index is -0.955. The first-order valence-corrected chi connectivity index (χ1v) is 13.3. The molecule has 0 aliphatic carbocycles. The Hall–Kier alpha value is -3.43. The number of likely N-dealkylation sites (tertiary alicyclic amines) is 1. The molecule has 0 radical (unpaired) electrons. The first kappa shape index (κ1) is 26.2. The molecule has 0 saturated carbocycles. The number of carbonyl (C=O) groups is 3. The van der Waals surface area contributed by atoms with Crippen LogP contribution >= 0.6 is 0 Å². The summed E-state index contributed by atoms with van der Waals surface area (Å²) in [4.78, 5) is 43.8. The van der Waals surface area contributed by atoms with Crippen molar-refractivity contribution < 1.29 is 28.6 Å². The maximum absolute atomic E-state index is 13.9. The van der Waals surface area contributed by atoms with E-state index in [1.165, 1.54) is 0 Å². The first-order valence-electron chi connectivity index (χ1n) is 13.3. The predicted molar refractivity (Wildman–Crippen MR) is 140 cm³/mol. The number of rotatable bonds is 6. The van der Waals surface area contributed by atoms with Crippen LogP contribution in [0.3, 0.4) is 0 Å². The molecule has 1 spiro atoms. The smallest absolute Gasteiger partial charge is 0.256 e. The van der Waals surface area contributed by atoms with Crippen LogP contribution in [0.2, 0.25) is 0 Å². The van der Waals surface area contributed by atoms with Gasteiger partial charge in [0, 0.05) is 50.2 Å². The Labute approximate surface area is 223 Å². The summed E-state index contributed by atoms with van der Waals surface area (Å²) in [5.74, 6) is 0.129. The van der Waals surface area contributed by atoms with Gasteiger partial charge >= 0.3 is 0 Å². The van der Waals surface area contributed by atoms with E-state index in [2.05, 4.69) is 5.32 Å². The van der Waals surface area contributed by atoms with E-state index in [1.54, 1.807) is 47.2 Å². The first-order chi connectivity index (χ1) is 18.4. The van der Waals surface area contributed by atoms with Crippen LogP contribution in [0.5, 0.6) is 5.75 Å². The van der Waals surface area contributed by atoms with E-state index in [0.717, 1.165) is 18.4 Å². The molecule has 3 fully saturated rings. The van der Waals surface area contributed by atoms with Gasteiger partial charge in [0.15, 0.2) is 0 Å². The maximum atomic E-state index is 13.9. The van der Waals surface area contributed by atoms with E-state index in [4.69, 9.17) is 14.2 Å². The zero-order valence-corrected chi connectivity index (χ0v) is 22.0. The zero-order chi connectivity index (χ0) is 26.7. The van der Waals surface area contributed by atoms with Crippen LogP contribution in [0.25, 0.3) is 0 Å². The Balaban J connectivity index is 1.33. The summed E-state index contributed by atoms with van der Waals surface area (Å²) in [6.07, 6.45) is 2.74. The monoisotopic (exact) mass is 521 g/mol. The van der Waals surface area contributed by atoms with E-state index in [-0.39, 0.29) is 30.4 Å². The van der Waals surface area contributed by atoms with Crippen LogP contribution in [-0.4, -0.2) is 85.3 Å². The fourth-order valence-corrected chi connectivity index (χ4v) is 5.60. The van der Waals surface area contributed by atoms with Gasteiger partial charge in [-0.2, -0.15) is 0 Å². The molecule has 2 aromatic rings. The normalized spacial score (nSPS) is 22.5. The number of methoxy groups -OCH3 is 1. The highest BCUT2D eigenvalue weighted by Gasteiger charge is 2.54. The van der Waals surface area contributed by atoms with Gasteiger partial charge in [-0.05, 0) is 56.2 Å². The number of hydrogen-bond donors (Lipinski definition) is 1. The van der Waals surface area contributed by atoms with Crippen molar-refractivity contribution in [2.24, 2.45) is 0 Å². The van der Waals surface area contributed by atoms with Gasteiger partial charge < -0.3 is 24.4 Å². The molecule has 9 nitrogen and oxygen atoms in total. The minimum Gasteiger partial charge on any atom is -0.497 e. The second kappa shape index (κ2) is 11.1. The Morgan fingerprint density at radius 3 is 2.47 bits per heavy atom. The van der Waals surface area contributed by atoms with Gasteiger partial charge in [-0.15, -0.1) is 0 Å². The SMILES string of the molecule is COc1ccc(C(=O)N2CCC3(CC2)OC[C@@H](C(=O)NC[C@H]2CCCO2)N3C(=O)c2cccc(C)c2)cc1. The highest BCUT2D eigenvalue weighted by atomic mass is 16.5. The standard InChI is InChI=1S/C29H35N3O6/c1-20-5-3-6-22(17-20)28(35)32-25(26(33)30-18-24-7-4-16-37-24)19-38-29(32)12-14-31(15-13-29)27(34)21-8-10-23(36-2)11-9-21/h3,5-6,8-11,17,24-25H,4,7,12-16,18-19H2,1-2H3,(H,30,33)/t24-,25+/m1/s1.